The van der Waals surface area contributed by atoms with Gasteiger partial charge in [0, 0.05) is 11.8 Å². The number of hydrogen-bond donors (Lipinski definition) is 2. The van der Waals surface area contributed by atoms with E-state index in [1.54, 1.807) is 0 Å². The fourth-order valence-electron chi connectivity index (χ4n) is 2.10. The Morgan fingerprint density at radius 3 is 2.17 bits per heavy atom. The molecule has 2 fully saturated rings. The van der Waals surface area contributed by atoms with E-state index in [1.165, 1.54) is 0 Å². The Hall–Kier alpha value is -0.870. The molecule has 68 valence electrons. The van der Waals surface area contributed by atoms with Gasteiger partial charge in [-0.25, -0.2) is 8.78 Å². The van der Waals surface area contributed by atoms with Crippen molar-refractivity contribution in [2.24, 2.45) is 28.3 Å². The topological polar surface area (TPSA) is 64.4 Å². The van der Waals surface area contributed by atoms with Crippen LogP contribution in [-0.4, -0.2) is 17.9 Å². The molecule has 0 aromatic heterocycles. The highest BCUT2D eigenvalue weighted by atomic mass is 19.3. The van der Waals surface area contributed by atoms with Crippen LogP contribution in [0.4, 0.5) is 8.78 Å². The number of nitrogens with two attached hydrogens (primary N) is 2. The fourth-order valence-corrected chi connectivity index (χ4v) is 2.10. The summed E-state index contributed by atoms with van der Waals surface area (Å²) in [6.07, 6.45) is 0.880. The highest BCUT2D eigenvalue weighted by Gasteiger charge is 2.71. The lowest BCUT2D eigenvalue weighted by atomic mass is 10.1. The second-order valence-corrected chi connectivity index (χ2v) is 3.57. The Bertz CT molecular complexity index is 221. The molecule has 0 spiro atoms. The minimum Gasteiger partial charge on any atom is -0.370 e. The molecule has 0 aliphatic heterocycles. The van der Waals surface area contributed by atoms with Gasteiger partial charge in [0.15, 0.2) is 5.96 Å². The molecule has 0 aromatic rings. The monoisotopic (exact) mass is 175 g/mol. The van der Waals surface area contributed by atoms with E-state index in [9.17, 15) is 8.78 Å². The summed E-state index contributed by atoms with van der Waals surface area (Å²) in [6, 6.07) is -0.0652. The summed E-state index contributed by atoms with van der Waals surface area (Å²) < 4.78 is 25.3. The van der Waals surface area contributed by atoms with Gasteiger partial charge in [-0.05, 0) is 12.8 Å². The Labute approximate surface area is 68.8 Å². The van der Waals surface area contributed by atoms with E-state index in [1.807, 2.05) is 0 Å². The quantitative estimate of drug-likeness (QED) is 0.444. The van der Waals surface area contributed by atoms with E-state index in [2.05, 4.69) is 4.99 Å². The predicted octanol–water partition coefficient (Wildman–Crippen LogP) is 0.303. The molecule has 2 rings (SSSR count). The van der Waals surface area contributed by atoms with E-state index in [0.29, 0.717) is 12.8 Å². The molecule has 0 aromatic carbocycles. The van der Waals surface area contributed by atoms with E-state index < -0.39 is 17.8 Å². The Balaban J connectivity index is 1.94. The van der Waals surface area contributed by atoms with Gasteiger partial charge in [-0.1, -0.05) is 0 Å². The summed E-state index contributed by atoms with van der Waals surface area (Å²) in [5, 5.41) is 0. The fraction of sp³-hybridized carbons (Fsp3) is 0.857. The van der Waals surface area contributed by atoms with Crippen molar-refractivity contribution in [1.82, 2.24) is 0 Å². The van der Waals surface area contributed by atoms with Crippen LogP contribution in [0.25, 0.3) is 0 Å². The Kier molecular flexibility index (Phi) is 1.35. The number of guanidine groups is 1. The second-order valence-electron chi connectivity index (χ2n) is 3.57. The van der Waals surface area contributed by atoms with Crippen LogP contribution >= 0.6 is 0 Å². The second kappa shape index (κ2) is 2.08. The van der Waals surface area contributed by atoms with Gasteiger partial charge in [0.2, 0.25) is 0 Å². The number of rotatable bonds is 1. The van der Waals surface area contributed by atoms with Crippen LogP contribution in [0.2, 0.25) is 0 Å². The van der Waals surface area contributed by atoms with Crippen molar-refractivity contribution in [2.75, 3.05) is 0 Å². The molecule has 12 heavy (non-hydrogen) atoms. The van der Waals surface area contributed by atoms with Gasteiger partial charge < -0.3 is 11.5 Å². The van der Waals surface area contributed by atoms with Crippen molar-refractivity contribution in [3.8, 4) is 0 Å². The molecular weight excluding hydrogens is 164 g/mol. The predicted molar refractivity (Wildman–Crippen MR) is 40.8 cm³/mol. The minimum atomic E-state index is -2.42. The summed E-state index contributed by atoms with van der Waals surface area (Å²) >= 11 is 0. The first kappa shape index (κ1) is 7.76. The summed E-state index contributed by atoms with van der Waals surface area (Å²) in [5.41, 5.74) is 10.3. The third kappa shape index (κ3) is 0.956. The zero-order valence-corrected chi connectivity index (χ0v) is 6.50. The zero-order chi connectivity index (χ0) is 8.93. The largest absolute Gasteiger partial charge is 0.370 e. The Morgan fingerprint density at radius 1 is 1.25 bits per heavy atom. The van der Waals surface area contributed by atoms with Gasteiger partial charge >= 0.3 is 0 Å². The van der Waals surface area contributed by atoms with Gasteiger partial charge in [-0.2, -0.15) is 0 Å². The molecule has 4 N–H and O–H groups in total. The van der Waals surface area contributed by atoms with Crippen molar-refractivity contribution in [3.05, 3.63) is 0 Å². The SMILES string of the molecule is NC(N)=NC1CC2C(C1)C2(F)F. The van der Waals surface area contributed by atoms with Gasteiger partial charge in [-0.15, -0.1) is 0 Å². The highest BCUT2D eigenvalue weighted by Crippen LogP contribution is 2.64. The number of halogens is 2. The maximum atomic E-state index is 12.6. The number of nitrogens with zero attached hydrogens (tertiary/aromatic N) is 1. The van der Waals surface area contributed by atoms with E-state index in [-0.39, 0.29) is 12.0 Å². The van der Waals surface area contributed by atoms with Gasteiger partial charge in [0.05, 0.1) is 6.04 Å². The molecule has 3 nitrogen and oxygen atoms in total. The smallest absolute Gasteiger partial charge is 0.254 e. The van der Waals surface area contributed by atoms with Crippen molar-refractivity contribution in [3.63, 3.8) is 0 Å². The molecular formula is C7H11F2N3. The lowest BCUT2D eigenvalue weighted by molar-refractivity contribution is 0.0700. The number of alkyl halides is 2. The van der Waals surface area contributed by atoms with E-state index >= 15 is 0 Å². The van der Waals surface area contributed by atoms with Gasteiger partial charge in [0.25, 0.3) is 5.92 Å². The van der Waals surface area contributed by atoms with Crippen molar-refractivity contribution in [2.45, 2.75) is 24.8 Å². The van der Waals surface area contributed by atoms with Gasteiger partial charge in [0.1, 0.15) is 0 Å². The molecule has 2 aliphatic carbocycles. The first-order valence-electron chi connectivity index (χ1n) is 3.98. The standard InChI is InChI=1S/C7H11F2N3/c8-7(9)4-1-3(2-5(4)7)12-6(10)11/h3-5H,1-2H2,(H4,10,11,12). The van der Waals surface area contributed by atoms with Gasteiger partial charge in [-0.3, -0.25) is 4.99 Å². The van der Waals surface area contributed by atoms with Crippen LogP contribution in [-0.2, 0) is 0 Å². The van der Waals surface area contributed by atoms with E-state index in [4.69, 9.17) is 11.5 Å². The molecule has 0 radical (unpaired) electrons. The van der Waals surface area contributed by atoms with Crippen LogP contribution < -0.4 is 11.5 Å². The summed E-state index contributed by atoms with van der Waals surface area (Å²) in [4.78, 5) is 3.86. The van der Waals surface area contributed by atoms with Crippen LogP contribution in [0.15, 0.2) is 4.99 Å². The third-order valence-electron chi connectivity index (χ3n) is 2.75. The van der Waals surface area contributed by atoms with Crippen molar-refractivity contribution < 1.29 is 8.78 Å². The normalized spacial score (nSPS) is 42.0. The van der Waals surface area contributed by atoms with Crippen LogP contribution in [0.5, 0.6) is 0 Å². The van der Waals surface area contributed by atoms with Crippen LogP contribution in [0.3, 0.4) is 0 Å². The summed E-state index contributed by atoms with van der Waals surface area (Å²) in [7, 11) is 0. The molecule has 2 saturated carbocycles. The lowest BCUT2D eigenvalue weighted by Crippen LogP contribution is -2.25. The first-order chi connectivity index (χ1) is 5.51. The molecule has 0 saturated heterocycles. The first-order valence-corrected chi connectivity index (χ1v) is 3.98. The highest BCUT2D eigenvalue weighted by molar-refractivity contribution is 5.75. The zero-order valence-electron chi connectivity index (χ0n) is 6.50. The molecule has 2 unspecified atom stereocenters. The maximum absolute atomic E-state index is 12.6. The average Bonchev–Trinajstić information content (AvgIpc) is 2.38. The van der Waals surface area contributed by atoms with Crippen LogP contribution in [0, 0.1) is 11.8 Å². The molecule has 5 heteroatoms. The number of fused-ring (bicyclic) bond motifs is 1. The number of aliphatic imine (C=N–C) groups is 1. The molecule has 2 aliphatic rings. The van der Waals surface area contributed by atoms with Crippen molar-refractivity contribution >= 4 is 5.96 Å². The van der Waals surface area contributed by atoms with Crippen LogP contribution in [0.1, 0.15) is 12.8 Å². The average molecular weight is 175 g/mol. The lowest BCUT2D eigenvalue weighted by Gasteiger charge is -2.08. The maximum Gasteiger partial charge on any atom is 0.254 e. The molecule has 0 heterocycles. The Morgan fingerprint density at radius 2 is 1.75 bits per heavy atom. The third-order valence-corrected chi connectivity index (χ3v) is 2.75. The summed E-state index contributed by atoms with van der Waals surface area (Å²) in [6.45, 7) is 0. The molecule has 2 atom stereocenters. The minimum absolute atomic E-state index is 0.00427. The molecule has 0 amide bonds. The summed E-state index contributed by atoms with van der Waals surface area (Å²) in [5.74, 6) is -3.32. The number of hydrogen-bond acceptors (Lipinski definition) is 1. The van der Waals surface area contributed by atoms with E-state index in [0.717, 1.165) is 0 Å². The van der Waals surface area contributed by atoms with Crippen molar-refractivity contribution in [1.29, 1.82) is 0 Å². The molecule has 0 bridgehead atoms.